The third kappa shape index (κ3) is 3.61. The van der Waals surface area contributed by atoms with Crippen molar-refractivity contribution >= 4 is 28.4 Å². The standard InChI is InChI=1S/C13H15F3N2OS/c1-2-20-12-8-9(17)7-11-10(12)3-4-18(11)5-6-19-13(14,15)16/h3-4,7-8H,2,5-6,17H2,1H3. The summed E-state index contributed by atoms with van der Waals surface area (Å²) in [7, 11) is 0. The normalized spacial score (nSPS) is 12.2. The molecule has 0 amide bonds. The number of aromatic nitrogens is 1. The van der Waals surface area contributed by atoms with Gasteiger partial charge in [-0.25, -0.2) is 0 Å². The maximum absolute atomic E-state index is 12.0. The van der Waals surface area contributed by atoms with Crippen molar-refractivity contribution in [3.63, 3.8) is 0 Å². The zero-order chi connectivity index (χ0) is 14.8. The molecule has 0 saturated heterocycles. The predicted octanol–water partition coefficient (Wildman–Crippen LogP) is 3.87. The summed E-state index contributed by atoms with van der Waals surface area (Å²) >= 11 is 1.66. The van der Waals surface area contributed by atoms with Crippen LogP contribution >= 0.6 is 11.8 Å². The van der Waals surface area contributed by atoms with Crippen LogP contribution in [0.1, 0.15) is 6.92 Å². The summed E-state index contributed by atoms with van der Waals surface area (Å²) in [6, 6.07) is 5.54. The molecule has 0 aliphatic heterocycles. The molecular formula is C13H15F3N2OS. The highest BCUT2D eigenvalue weighted by atomic mass is 32.2. The van der Waals surface area contributed by atoms with E-state index in [1.54, 1.807) is 28.6 Å². The van der Waals surface area contributed by atoms with E-state index in [9.17, 15) is 13.2 Å². The Morgan fingerprint density at radius 1 is 1.35 bits per heavy atom. The van der Waals surface area contributed by atoms with Crippen LogP contribution in [-0.4, -0.2) is 23.3 Å². The van der Waals surface area contributed by atoms with Crippen LogP contribution in [0.25, 0.3) is 10.9 Å². The van der Waals surface area contributed by atoms with E-state index in [-0.39, 0.29) is 6.54 Å². The van der Waals surface area contributed by atoms with Gasteiger partial charge in [0.2, 0.25) is 0 Å². The molecule has 110 valence electrons. The van der Waals surface area contributed by atoms with Crippen LogP contribution in [-0.2, 0) is 11.3 Å². The van der Waals surface area contributed by atoms with Crippen molar-refractivity contribution in [2.75, 3.05) is 18.1 Å². The third-order valence-corrected chi connectivity index (χ3v) is 3.71. The van der Waals surface area contributed by atoms with Crippen LogP contribution in [0.5, 0.6) is 0 Å². The topological polar surface area (TPSA) is 40.2 Å². The van der Waals surface area contributed by atoms with E-state index in [2.05, 4.69) is 4.74 Å². The molecule has 2 rings (SSSR count). The maximum atomic E-state index is 12.0. The van der Waals surface area contributed by atoms with E-state index >= 15 is 0 Å². The molecule has 20 heavy (non-hydrogen) atoms. The molecule has 0 aliphatic rings. The van der Waals surface area contributed by atoms with Crippen LogP contribution in [0.2, 0.25) is 0 Å². The fraction of sp³-hybridized carbons (Fsp3) is 0.385. The molecule has 2 N–H and O–H groups in total. The van der Waals surface area contributed by atoms with Crippen LogP contribution in [0.3, 0.4) is 0 Å². The average molecular weight is 304 g/mol. The number of benzene rings is 1. The molecule has 1 aromatic carbocycles. The molecule has 2 aromatic rings. The minimum Gasteiger partial charge on any atom is -0.399 e. The smallest absolute Gasteiger partial charge is 0.399 e. The number of anilines is 1. The summed E-state index contributed by atoms with van der Waals surface area (Å²) in [4.78, 5) is 1.04. The summed E-state index contributed by atoms with van der Waals surface area (Å²) in [6.07, 6.45) is -2.84. The number of rotatable bonds is 5. The number of fused-ring (bicyclic) bond motifs is 1. The minimum absolute atomic E-state index is 0.128. The second kappa shape index (κ2) is 5.97. The van der Waals surface area contributed by atoms with Crippen LogP contribution in [0.4, 0.5) is 18.9 Å². The Balaban J connectivity index is 2.23. The van der Waals surface area contributed by atoms with Gasteiger partial charge in [0.15, 0.2) is 0 Å². The summed E-state index contributed by atoms with van der Waals surface area (Å²) in [6.45, 7) is 1.74. The summed E-state index contributed by atoms with van der Waals surface area (Å²) < 4.78 is 41.4. The molecule has 1 heterocycles. The number of nitrogen functional groups attached to an aromatic ring is 1. The summed E-state index contributed by atoms with van der Waals surface area (Å²) in [5.74, 6) is 0.904. The number of ether oxygens (including phenoxy) is 1. The van der Waals surface area contributed by atoms with Crippen molar-refractivity contribution in [2.45, 2.75) is 24.7 Å². The van der Waals surface area contributed by atoms with Gasteiger partial charge in [-0.2, -0.15) is 0 Å². The van der Waals surface area contributed by atoms with Crippen molar-refractivity contribution in [1.82, 2.24) is 4.57 Å². The first-order chi connectivity index (χ1) is 9.40. The maximum Gasteiger partial charge on any atom is 0.522 e. The minimum atomic E-state index is -4.59. The Bertz CT molecular complexity index is 595. The van der Waals surface area contributed by atoms with Gasteiger partial charge in [-0.15, -0.1) is 24.9 Å². The second-order valence-electron chi connectivity index (χ2n) is 4.19. The van der Waals surface area contributed by atoms with Gasteiger partial charge in [-0.3, -0.25) is 4.74 Å². The van der Waals surface area contributed by atoms with Crippen LogP contribution in [0.15, 0.2) is 29.3 Å². The number of thioether (sulfide) groups is 1. The second-order valence-corrected chi connectivity index (χ2v) is 5.49. The fourth-order valence-corrected chi connectivity index (χ4v) is 2.87. The quantitative estimate of drug-likeness (QED) is 0.673. The molecule has 0 radical (unpaired) electrons. The zero-order valence-electron chi connectivity index (χ0n) is 10.9. The Morgan fingerprint density at radius 2 is 2.10 bits per heavy atom. The Labute approximate surface area is 118 Å². The van der Waals surface area contributed by atoms with E-state index in [1.165, 1.54) is 0 Å². The highest BCUT2D eigenvalue weighted by Gasteiger charge is 2.28. The van der Waals surface area contributed by atoms with Gasteiger partial charge in [-0.05, 0) is 24.0 Å². The van der Waals surface area contributed by atoms with Crippen molar-refractivity contribution in [1.29, 1.82) is 0 Å². The van der Waals surface area contributed by atoms with Crippen LogP contribution in [0, 0.1) is 0 Å². The van der Waals surface area contributed by atoms with E-state index in [4.69, 9.17) is 5.73 Å². The lowest BCUT2D eigenvalue weighted by Crippen LogP contribution is -2.17. The first kappa shape index (κ1) is 15.1. The summed E-state index contributed by atoms with van der Waals surface area (Å²) in [5.41, 5.74) is 7.27. The third-order valence-electron chi connectivity index (χ3n) is 2.77. The molecular weight excluding hydrogens is 289 g/mol. The highest BCUT2D eigenvalue weighted by molar-refractivity contribution is 7.99. The van der Waals surface area contributed by atoms with Crippen molar-refractivity contribution in [2.24, 2.45) is 0 Å². The van der Waals surface area contributed by atoms with E-state index in [0.717, 1.165) is 21.6 Å². The van der Waals surface area contributed by atoms with E-state index < -0.39 is 13.0 Å². The Hall–Kier alpha value is -1.34. The molecule has 0 saturated carbocycles. The Morgan fingerprint density at radius 3 is 2.75 bits per heavy atom. The van der Waals surface area contributed by atoms with Gasteiger partial charge < -0.3 is 10.3 Å². The van der Waals surface area contributed by atoms with E-state index in [0.29, 0.717) is 5.69 Å². The molecule has 0 spiro atoms. The molecule has 0 bridgehead atoms. The molecule has 3 nitrogen and oxygen atoms in total. The van der Waals surface area contributed by atoms with Gasteiger partial charge in [0.05, 0.1) is 12.1 Å². The first-order valence-corrected chi connectivity index (χ1v) is 7.11. The SMILES string of the molecule is CCSc1cc(N)cc2c1ccn2CCOC(F)(F)F. The van der Waals surface area contributed by atoms with Crippen LogP contribution < -0.4 is 5.73 Å². The van der Waals surface area contributed by atoms with Gasteiger partial charge in [0.25, 0.3) is 0 Å². The van der Waals surface area contributed by atoms with Gasteiger partial charge in [0, 0.05) is 28.7 Å². The van der Waals surface area contributed by atoms with Gasteiger partial charge in [-0.1, -0.05) is 6.92 Å². The number of hydrogen-bond donors (Lipinski definition) is 1. The Kier molecular flexibility index (Phi) is 4.49. The van der Waals surface area contributed by atoms with Gasteiger partial charge in [0.1, 0.15) is 0 Å². The molecule has 0 unspecified atom stereocenters. The average Bonchev–Trinajstić information content (AvgIpc) is 2.71. The highest BCUT2D eigenvalue weighted by Crippen LogP contribution is 2.31. The lowest BCUT2D eigenvalue weighted by atomic mass is 10.2. The summed E-state index contributed by atoms with van der Waals surface area (Å²) in [5, 5.41) is 0.998. The van der Waals surface area contributed by atoms with Gasteiger partial charge >= 0.3 is 6.36 Å². The van der Waals surface area contributed by atoms with Crippen molar-refractivity contribution in [3.05, 3.63) is 24.4 Å². The number of nitrogens with two attached hydrogens (primary N) is 1. The molecule has 0 fully saturated rings. The first-order valence-electron chi connectivity index (χ1n) is 6.12. The molecule has 0 atom stereocenters. The largest absolute Gasteiger partial charge is 0.522 e. The number of halogens is 3. The molecule has 1 aromatic heterocycles. The predicted molar refractivity (Wildman–Crippen MR) is 74.8 cm³/mol. The molecule has 7 heteroatoms. The zero-order valence-corrected chi connectivity index (χ0v) is 11.7. The number of alkyl halides is 3. The van der Waals surface area contributed by atoms with Crippen molar-refractivity contribution in [3.8, 4) is 0 Å². The lowest BCUT2D eigenvalue weighted by Gasteiger charge is -2.10. The number of nitrogens with zero attached hydrogens (tertiary/aromatic N) is 1. The number of hydrogen-bond acceptors (Lipinski definition) is 3. The van der Waals surface area contributed by atoms with Crippen molar-refractivity contribution < 1.29 is 17.9 Å². The lowest BCUT2D eigenvalue weighted by molar-refractivity contribution is -0.325. The fourth-order valence-electron chi connectivity index (χ4n) is 2.01. The van der Waals surface area contributed by atoms with E-state index in [1.807, 2.05) is 19.1 Å². The monoisotopic (exact) mass is 304 g/mol. The molecule has 0 aliphatic carbocycles.